The zero-order valence-electron chi connectivity index (χ0n) is 18.3. The Bertz CT molecular complexity index is 1100. The van der Waals surface area contributed by atoms with Crippen LogP contribution >= 0.6 is 0 Å². The first-order chi connectivity index (χ1) is 14.9. The minimum Gasteiger partial charge on any atom is -0.355 e. The van der Waals surface area contributed by atoms with Gasteiger partial charge in [0.25, 0.3) is 0 Å². The van der Waals surface area contributed by atoms with E-state index in [-0.39, 0.29) is 23.1 Å². The van der Waals surface area contributed by atoms with E-state index in [4.69, 9.17) is 0 Å². The number of carbonyl (C=O) groups is 1. The third-order valence-corrected chi connectivity index (χ3v) is 7.18. The number of fused-ring (bicyclic) bond motifs is 1. The van der Waals surface area contributed by atoms with Crippen LogP contribution in [-0.2, 0) is 26.9 Å². The van der Waals surface area contributed by atoms with E-state index in [0.717, 1.165) is 37.1 Å². The molecule has 6 nitrogen and oxygen atoms in total. The third kappa shape index (κ3) is 5.95. The summed E-state index contributed by atoms with van der Waals surface area (Å²) in [5, 5.41) is 3.60. The standard InChI is InChI=1S/C24H31N3O3S/c1-3-26(4-2)16-10-15-25-24(28)18-27-17-23(21-13-8-9-14-22(21)27)31(29,30)19-20-11-6-5-7-12-20/h5-9,11-14,17H,3-4,10,15-16,18-19H2,1-2H3,(H,25,28). The number of sulfone groups is 1. The first kappa shape index (κ1) is 23.0. The van der Waals surface area contributed by atoms with Crippen LogP contribution in [0.15, 0.2) is 65.7 Å². The van der Waals surface area contributed by atoms with Crippen LogP contribution in [0, 0.1) is 0 Å². The topological polar surface area (TPSA) is 71.4 Å². The molecule has 0 saturated heterocycles. The van der Waals surface area contributed by atoms with Crippen molar-refractivity contribution in [2.24, 2.45) is 0 Å². The summed E-state index contributed by atoms with van der Waals surface area (Å²) < 4.78 is 28.0. The van der Waals surface area contributed by atoms with Crippen LogP contribution < -0.4 is 5.32 Å². The summed E-state index contributed by atoms with van der Waals surface area (Å²) in [6.45, 7) is 7.90. The number of carbonyl (C=O) groups excluding carboxylic acids is 1. The Labute approximate surface area is 184 Å². The van der Waals surface area contributed by atoms with Crippen molar-refractivity contribution in [3.63, 3.8) is 0 Å². The van der Waals surface area contributed by atoms with E-state index in [0.29, 0.717) is 11.9 Å². The van der Waals surface area contributed by atoms with Gasteiger partial charge in [-0.1, -0.05) is 62.4 Å². The molecule has 0 atom stereocenters. The van der Waals surface area contributed by atoms with Crippen molar-refractivity contribution >= 4 is 26.6 Å². The Morgan fingerprint density at radius 1 is 1.00 bits per heavy atom. The van der Waals surface area contributed by atoms with Crippen molar-refractivity contribution in [1.29, 1.82) is 0 Å². The summed E-state index contributed by atoms with van der Waals surface area (Å²) in [5.41, 5.74) is 1.48. The number of para-hydroxylation sites is 1. The smallest absolute Gasteiger partial charge is 0.239 e. The Kier molecular flexibility index (Phi) is 7.87. The Morgan fingerprint density at radius 2 is 1.68 bits per heavy atom. The van der Waals surface area contributed by atoms with E-state index in [1.807, 2.05) is 48.5 Å². The molecule has 3 rings (SSSR count). The fourth-order valence-corrected chi connectivity index (χ4v) is 5.33. The predicted octanol–water partition coefficient (Wildman–Crippen LogP) is 3.46. The Morgan fingerprint density at radius 3 is 2.39 bits per heavy atom. The van der Waals surface area contributed by atoms with Crippen LogP contribution in [0.4, 0.5) is 0 Å². The Hall–Kier alpha value is -2.64. The van der Waals surface area contributed by atoms with Crippen LogP contribution in [0.25, 0.3) is 10.9 Å². The molecular formula is C24H31N3O3S. The molecule has 166 valence electrons. The van der Waals surface area contributed by atoms with Gasteiger partial charge in [-0.25, -0.2) is 8.42 Å². The summed E-state index contributed by atoms with van der Waals surface area (Å²) in [6, 6.07) is 16.5. The lowest BCUT2D eigenvalue weighted by molar-refractivity contribution is -0.121. The number of nitrogens with zero attached hydrogens (tertiary/aromatic N) is 2. The molecule has 7 heteroatoms. The highest BCUT2D eigenvalue weighted by molar-refractivity contribution is 7.90. The molecule has 0 radical (unpaired) electrons. The summed E-state index contributed by atoms with van der Waals surface area (Å²) in [6.07, 6.45) is 2.48. The van der Waals surface area contributed by atoms with Gasteiger partial charge < -0.3 is 14.8 Å². The maximum atomic E-state index is 13.1. The van der Waals surface area contributed by atoms with Gasteiger partial charge >= 0.3 is 0 Å². The van der Waals surface area contributed by atoms with E-state index in [1.165, 1.54) is 0 Å². The average Bonchev–Trinajstić information content (AvgIpc) is 3.14. The third-order valence-electron chi connectivity index (χ3n) is 5.47. The second-order valence-electron chi connectivity index (χ2n) is 7.61. The van der Waals surface area contributed by atoms with Crippen LogP contribution in [0.3, 0.4) is 0 Å². The zero-order valence-corrected chi connectivity index (χ0v) is 19.1. The van der Waals surface area contributed by atoms with Gasteiger partial charge in [0.1, 0.15) is 6.54 Å². The molecule has 0 aliphatic heterocycles. The molecule has 0 saturated carbocycles. The molecule has 0 aliphatic carbocycles. The lowest BCUT2D eigenvalue weighted by atomic mass is 10.2. The minimum atomic E-state index is -3.55. The molecule has 0 spiro atoms. The molecule has 1 aromatic heterocycles. The van der Waals surface area contributed by atoms with Gasteiger partial charge in [-0.15, -0.1) is 0 Å². The maximum absolute atomic E-state index is 13.1. The fourth-order valence-electron chi connectivity index (χ4n) is 3.74. The van der Waals surface area contributed by atoms with Crippen molar-refractivity contribution in [3.8, 4) is 0 Å². The minimum absolute atomic E-state index is 0.0700. The molecule has 1 N–H and O–H groups in total. The van der Waals surface area contributed by atoms with E-state index in [1.54, 1.807) is 16.8 Å². The van der Waals surface area contributed by atoms with Gasteiger partial charge in [-0.3, -0.25) is 4.79 Å². The molecule has 0 unspecified atom stereocenters. The molecule has 0 bridgehead atoms. The van der Waals surface area contributed by atoms with Gasteiger partial charge in [0.15, 0.2) is 9.84 Å². The van der Waals surface area contributed by atoms with E-state index < -0.39 is 9.84 Å². The second kappa shape index (κ2) is 10.6. The number of benzene rings is 2. The molecule has 1 amide bonds. The van der Waals surface area contributed by atoms with Crippen molar-refractivity contribution in [2.45, 2.75) is 37.5 Å². The van der Waals surface area contributed by atoms with Crippen molar-refractivity contribution < 1.29 is 13.2 Å². The molecule has 31 heavy (non-hydrogen) atoms. The van der Waals surface area contributed by atoms with Gasteiger partial charge in [0.05, 0.1) is 10.6 Å². The number of nitrogens with one attached hydrogen (secondary N) is 1. The van der Waals surface area contributed by atoms with Crippen molar-refractivity contribution in [2.75, 3.05) is 26.2 Å². The van der Waals surface area contributed by atoms with Gasteiger partial charge in [-0.05, 0) is 37.7 Å². The van der Waals surface area contributed by atoms with E-state index in [9.17, 15) is 13.2 Å². The number of rotatable bonds is 11. The van der Waals surface area contributed by atoms with E-state index >= 15 is 0 Å². The lowest BCUT2D eigenvalue weighted by Gasteiger charge is -2.17. The molecular weight excluding hydrogens is 410 g/mol. The fraction of sp³-hybridized carbons (Fsp3) is 0.375. The van der Waals surface area contributed by atoms with E-state index in [2.05, 4.69) is 24.1 Å². The molecule has 1 heterocycles. The highest BCUT2D eigenvalue weighted by atomic mass is 32.2. The molecule has 0 fully saturated rings. The summed E-state index contributed by atoms with van der Waals surface area (Å²) in [4.78, 5) is 15.1. The maximum Gasteiger partial charge on any atom is 0.239 e. The number of hydrogen-bond acceptors (Lipinski definition) is 4. The van der Waals surface area contributed by atoms with Gasteiger partial charge in [-0.2, -0.15) is 0 Å². The first-order valence-electron chi connectivity index (χ1n) is 10.8. The summed E-state index contributed by atoms with van der Waals surface area (Å²) in [5.74, 6) is -0.188. The Balaban J connectivity index is 1.73. The number of aromatic nitrogens is 1. The average molecular weight is 442 g/mol. The van der Waals surface area contributed by atoms with Crippen LogP contribution in [0.1, 0.15) is 25.8 Å². The van der Waals surface area contributed by atoms with Crippen molar-refractivity contribution in [1.82, 2.24) is 14.8 Å². The molecule has 3 aromatic rings. The SMILES string of the molecule is CCN(CC)CCCNC(=O)Cn1cc(S(=O)(=O)Cc2ccccc2)c2ccccc21. The number of hydrogen-bond donors (Lipinski definition) is 1. The normalized spacial score (nSPS) is 11.8. The molecule has 0 aliphatic rings. The van der Waals surface area contributed by atoms with Gasteiger partial charge in [0, 0.05) is 23.6 Å². The predicted molar refractivity (Wildman–Crippen MR) is 125 cm³/mol. The second-order valence-corrected chi connectivity index (χ2v) is 9.57. The van der Waals surface area contributed by atoms with Gasteiger partial charge in [0.2, 0.25) is 5.91 Å². The van der Waals surface area contributed by atoms with Crippen LogP contribution in [0.5, 0.6) is 0 Å². The largest absolute Gasteiger partial charge is 0.355 e. The van der Waals surface area contributed by atoms with Crippen LogP contribution in [-0.4, -0.2) is 50.0 Å². The van der Waals surface area contributed by atoms with Crippen LogP contribution in [0.2, 0.25) is 0 Å². The lowest BCUT2D eigenvalue weighted by Crippen LogP contribution is -2.31. The zero-order chi connectivity index (χ0) is 22.3. The highest BCUT2D eigenvalue weighted by Gasteiger charge is 2.22. The summed E-state index contributed by atoms with van der Waals surface area (Å²) in [7, 11) is -3.55. The summed E-state index contributed by atoms with van der Waals surface area (Å²) >= 11 is 0. The number of amides is 1. The first-order valence-corrected chi connectivity index (χ1v) is 12.4. The quantitative estimate of drug-likeness (QED) is 0.463. The highest BCUT2D eigenvalue weighted by Crippen LogP contribution is 2.28. The van der Waals surface area contributed by atoms with Crippen molar-refractivity contribution in [3.05, 3.63) is 66.4 Å². The monoisotopic (exact) mass is 441 g/mol. The molecule has 2 aromatic carbocycles.